The number of ether oxygens (including phenoxy) is 2. The normalized spacial score (nSPS) is 12.8. The van der Waals surface area contributed by atoms with E-state index in [1.165, 1.54) is 0 Å². The molecule has 1 aromatic rings. The summed E-state index contributed by atoms with van der Waals surface area (Å²) in [7, 11) is 3.31. The molecule has 0 atom stereocenters. The number of hydrogen-bond acceptors (Lipinski definition) is 2. The topological polar surface area (TPSA) is 18.5 Å². The van der Waals surface area contributed by atoms with Crippen molar-refractivity contribution in [3.05, 3.63) is 35.9 Å². The zero-order valence-corrected chi connectivity index (χ0v) is 13.5. The Morgan fingerprint density at radius 2 is 1.59 bits per heavy atom. The van der Waals surface area contributed by atoms with Crippen LogP contribution in [0.5, 0.6) is 0 Å². The minimum Gasteiger partial charge on any atom is -0.347 e. The van der Waals surface area contributed by atoms with E-state index in [1.807, 2.05) is 30.3 Å². The van der Waals surface area contributed by atoms with E-state index >= 15 is 0 Å². The van der Waals surface area contributed by atoms with Crippen LogP contribution < -0.4 is 0 Å². The molecule has 0 heterocycles. The molecule has 0 bridgehead atoms. The highest BCUT2D eigenvalue weighted by atomic mass is 79.9. The minimum absolute atomic E-state index is 0.452. The summed E-state index contributed by atoms with van der Waals surface area (Å²) >= 11 is 7.38. The second-order valence-electron chi connectivity index (χ2n) is 3.85. The molecule has 96 valence electrons. The predicted octanol–water partition coefficient (Wildman–Crippen LogP) is 4.42. The van der Waals surface area contributed by atoms with Gasteiger partial charge in [0.15, 0.2) is 0 Å². The minimum atomic E-state index is -0.843. The van der Waals surface area contributed by atoms with Gasteiger partial charge in [-0.1, -0.05) is 75.5 Å². The summed E-state index contributed by atoms with van der Waals surface area (Å²) < 4.78 is 10.9. The average Bonchev–Trinajstić information content (AvgIpc) is 2.32. The fourth-order valence-corrected chi connectivity index (χ4v) is 3.86. The molecule has 1 aromatic carbocycles. The van der Waals surface area contributed by atoms with Crippen molar-refractivity contribution in [1.82, 2.24) is 0 Å². The second kappa shape index (κ2) is 6.32. The number of rotatable bonds is 6. The molecule has 0 aliphatic heterocycles. The summed E-state index contributed by atoms with van der Waals surface area (Å²) in [6.07, 6.45) is 1.89. The Hall–Kier alpha value is 0.1000. The van der Waals surface area contributed by atoms with E-state index in [1.54, 1.807) is 14.2 Å². The highest BCUT2D eigenvalue weighted by molar-refractivity contribution is 9.25. The quantitative estimate of drug-likeness (QED) is 0.548. The first-order chi connectivity index (χ1) is 8.04. The lowest BCUT2D eigenvalue weighted by Crippen LogP contribution is -2.46. The van der Waals surface area contributed by atoms with E-state index in [9.17, 15) is 0 Å². The number of benzene rings is 1. The fourth-order valence-electron chi connectivity index (χ4n) is 1.96. The molecule has 2 nitrogen and oxygen atoms in total. The van der Waals surface area contributed by atoms with Gasteiger partial charge in [0.05, 0.1) is 0 Å². The van der Waals surface area contributed by atoms with Gasteiger partial charge in [-0.25, -0.2) is 0 Å². The summed E-state index contributed by atoms with van der Waals surface area (Å²) in [5.41, 5.74) is 0.979. The van der Waals surface area contributed by atoms with Gasteiger partial charge in [0.25, 0.3) is 0 Å². The van der Waals surface area contributed by atoms with E-state index in [-0.39, 0.29) is 0 Å². The average molecular weight is 366 g/mol. The maximum Gasteiger partial charge on any atom is 0.220 e. The zero-order valence-electron chi connectivity index (χ0n) is 10.4. The van der Waals surface area contributed by atoms with Crippen molar-refractivity contribution in [3.63, 3.8) is 0 Å². The van der Waals surface area contributed by atoms with Gasteiger partial charge in [0.1, 0.15) is 3.23 Å². The van der Waals surface area contributed by atoms with Crippen LogP contribution in [-0.4, -0.2) is 17.5 Å². The van der Waals surface area contributed by atoms with Crippen LogP contribution in [0.2, 0.25) is 0 Å². The molecule has 0 unspecified atom stereocenters. The number of alkyl halides is 2. The van der Waals surface area contributed by atoms with Gasteiger partial charge >= 0.3 is 0 Å². The van der Waals surface area contributed by atoms with Gasteiger partial charge in [-0.2, -0.15) is 0 Å². The zero-order chi connectivity index (χ0) is 12.9. The molecule has 17 heavy (non-hydrogen) atoms. The van der Waals surface area contributed by atoms with Crippen LogP contribution in [0, 0.1) is 0 Å². The van der Waals surface area contributed by atoms with Crippen LogP contribution in [0.3, 0.4) is 0 Å². The number of halogens is 2. The summed E-state index contributed by atoms with van der Waals surface area (Å²) in [6.45, 7) is 2.12. The third kappa shape index (κ3) is 2.92. The predicted molar refractivity (Wildman–Crippen MR) is 77.6 cm³/mol. The van der Waals surface area contributed by atoms with Crippen molar-refractivity contribution in [2.24, 2.45) is 0 Å². The molecule has 0 aromatic heterocycles. The Balaban J connectivity index is 3.22. The maximum atomic E-state index is 5.67. The van der Waals surface area contributed by atoms with Crippen LogP contribution in [0.4, 0.5) is 0 Å². The highest BCUT2D eigenvalue weighted by Crippen LogP contribution is 2.50. The Bertz CT molecular complexity index is 335. The monoisotopic (exact) mass is 364 g/mol. The smallest absolute Gasteiger partial charge is 0.220 e. The first-order valence-electron chi connectivity index (χ1n) is 5.57. The van der Waals surface area contributed by atoms with Crippen LogP contribution in [0.1, 0.15) is 25.3 Å². The van der Waals surface area contributed by atoms with Gasteiger partial charge in [-0.15, -0.1) is 0 Å². The lowest BCUT2D eigenvalue weighted by atomic mass is 9.99. The summed E-state index contributed by atoms with van der Waals surface area (Å²) in [5.74, 6) is -0.843. The van der Waals surface area contributed by atoms with Gasteiger partial charge in [0, 0.05) is 19.8 Å². The van der Waals surface area contributed by atoms with Crippen molar-refractivity contribution in [1.29, 1.82) is 0 Å². The first-order valence-corrected chi connectivity index (χ1v) is 7.16. The van der Waals surface area contributed by atoms with Crippen LogP contribution >= 0.6 is 31.9 Å². The van der Waals surface area contributed by atoms with Gasteiger partial charge in [-0.3, -0.25) is 0 Å². The van der Waals surface area contributed by atoms with Crippen LogP contribution in [-0.2, 0) is 15.3 Å². The van der Waals surface area contributed by atoms with Crippen molar-refractivity contribution < 1.29 is 9.47 Å². The van der Waals surface area contributed by atoms with E-state index in [2.05, 4.69) is 38.8 Å². The molecule has 0 radical (unpaired) electrons. The molecule has 0 amide bonds. The molecule has 0 spiro atoms. The molecule has 1 rings (SSSR count). The molecule has 0 aliphatic rings. The van der Waals surface area contributed by atoms with Crippen LogP contribution in [0.15, 0.2) is 30.3 Å². The second-order valence-corrected chi connectivity index (χ2v) is 7.62. The Labute approximate surface area is 120 Å². The standard InChI is InChI=1S/C13H18Br2O2/c1-4-10-12(14,15)13(16-2,17-3)11-8-6-5-7-9-11/h5-9H,4,10H2,1-3H3. The van der Waals surface area contributed by atoms with Gasteiger partial charge in [-0.05, 0) is 6.42 Å². The maximum absolute atomic E-state index is 5.67. The molecule has 0 N–H and O–H groups in total. The molecule has 4 heteroatoms. The van der Waals surface area contributed by atoms with E-state index in [0.29, 0.717) is 0 Å². The summed E-state index contributed by atoms with van der Waals surface area (Å²) in [6, 6.07) is 9.93. The Morgan fingerprint density at radius 3 is 2.00 bits per heavy atom. The SMILES string of the molecule is CCCC(Br)(Br)C(OC)(OC)c1ccccc1. The molecule has 0 saturated carbocycles. The highest BCUT2D eigenvalue weighted by Gasteiger charge is 2.50. The fraction of sp³-hybridized carbons (Fsp3) is 0.538. The van der Waals surface area contributed by atoms with Gasteiger partial charge < -0.3 is 9.47 Å². The van der Waals surface area contributed by atoms with E-state index in [0.717, 1.165) is 18.4 Å². The lowest BCUT2D eigenvalue weighted by Gasteiger charge is -2.41. The molecular formula is C13H18Br2O2. The van der Waals surface area contributed by atoms with Crippen molar-refractivity contribution >= 4 is 31.9 Å². The third-order valence-corrected chi connectivity index (χ3v) is 4.61. The van der Waals surface area contributed by atoms with E-state index < -0.39 is 9.02 Å². The van der Waals surface area contributed by atoms with Gasteiger partial charge in [0.2, 0.25) is 5.79 Å². The summed E-state index contributed by atoms with van der Waals surface area (Å²) in [4.78, 5) is 0. The number of hydrogen-bond donors (Lipinski definition) is 0. The van der Waals surface area contributed by atoms with Crippen molar-refractivity contribution in [3.8, 4) is 0 Å². The lowest BCUT2D eigenvalue weighted by molar-refractivity contribution is -0.220. The Morgan fingerprint density at radius 1 is 1.06 bits per heavy atom. The molecule has 0 aliphatic carbocycles. The van der Waals surface area contributed by atoms with E-state index in [4.69, 9.17) is 9.47 Å². The molecular weight excluding hydrogens is 348 g/mol. The third-order valence-electron chi connectivity index (χ3n) is 2.77. The molecule has 0 fully saturated rings. The van der Waals surface area contributed by atoms with Crippen molar-refractivity contribution in [2.45, 2.75) is 28.8 Å². The Kier molecular flexibility index (Phi) is 5.64. The summed E-state index contributed by atoms with van der Waals surface area (Å²) in [5, 5.41) is 0. The van der Waals surface area contributed by atoms with Crippen LogP contribution in [0.25, 0.3) is 0 Å². The first kappa shape index (κ1) is 15.2. The number of methoxy groups -OCH3 is 2. The molecule has 0 saturated heterocycles. The largest absolute Gasteiger partial charge is 0.347 e. The van der Waals surface area contributed by atoms with Crippen molar-refractivity contribution in [2.75, 3.05) is 14.2 Å².